The van der Waals surface area contributed by atoms with Crippen molar-refractivity contribution in [2.24, 2.45) is 5.92 Å². The monoisotopic (exact) mass is 332 g/mol. The van der Waals surface area contributed by atoms with Crippen molar-refractivity contribution in [1.29, 1.82) is 0 Å². The van der Waals surface area contributed by atoms with E-state index in [1.54, 1.807) is 0 Å². The molecular weight excluding hydrogens is 308 g/mol. The fourth-order valence-electron chi connectivity index (χ4n) is 4.59. The molecule has 2 heterocycles. The number of aromatic nitrogens is 2. The fraction of sp³-hybridized carbons (Fsp3) is 0.381. The van der Waals surface area contributed by atoms with Crippen molar-refractivity contribution in [3.63, 3.8) is 0 Å². The lowest BCUT2D eigenvalue weighted by Gasteiger charge is -2.32. The Morgan fingerprint density at radius 3 is 2.84 bits per heavy atom. The minimum atomic E-state index is 0.601. The van der Waals surface area contributed by atoms with E-state index in [4.69, 9.17) is 0 Å². The van der Waals surface area contributed by atoms with E-state index in [1.807, 2.05) is 6.20 Å². The van der Waals surface area contributed by atoms with E-state index < -0.39 is 0 Å². The number of nitrogens with one attached hydrogen (secondary N) is 2. The Labute approximate surface area is 148 Å². The highest BCUT2D eigenvalue weighted by Gasteiger charge is 2.44. The van der Waals surface area contributed by atoms with Gasteiger partial charge in [0.05, 0.1) is 11.7 Å². The number of hydrogen-bond acceptors (Lipinski definition) is 3. The fourth-order valence-corrected chi connectivity index (χ4v) is 4.59. The first-order valence-corrected chi connectivity index (χ1v) is 9.24. The molecule has 3 aromatic rings. The van der Waals surface area contributed by atoms with Gasteiger partial charge in [0, 0.05) is 36.2 Å². The molecule has 2 N–H and O–H groups in total. The minimum absolute atomic E-state index is 0.601. The first-order valence-electron chi connectivity index (χ1n) is 9.24. The molecule has 3 unspecified atom stereocenters. The van der Waals surface area contributed by atoms with E-state index in [1.165, 1.54) is 41.6 Å². The first kappa shape index (κ1) is 15.0. The number of aromatic amines is 1. The number of aryl methyl sites for hydroxylation is 1. The lowest BCUT2D eigenvalue weighted by molar-refractivity contribution is 0.197. The maximum atomic E-state index is 4.11. The predicted molar refractivity (Wildman–Crippen MR) is 102 cm³/mol. The third kappa shape index (κ3) is 2.81. The van der Waals surface area contributed by atoms with Crippen molar-refractivity contribution in [3.05, 3.63) is 59.8 Å². The van der Waals surface area contributed by atoms with E-state index >= 15 is 0 Å². The summed E-state index contributed by atoms with van der Waals surface area (Å²) in [6.45, 7) is 4.46. The molecule has 1 saturated heterocycles. The quantitative estimate of drug-likeness (QED) is 0.760. The van der Waals surface area contributed by atoms with Gasteiger partial charge < -0.3 is 5.32 Å². The molecule has 128 valence electrons. The standard InChI is InChI=1S/C21H24N4/c1-14-2-4-15(5-3-14)12-25-13-17-9-19(25)10-21(17)23-18-6-7-20-16(8-18)11-22-24-20/h2-8,11,17,19,21,23H,9-10,12-13H2,1H3,(H,22,24). The van der Waals surface area contributed by atoms with Crippen LogP contribution in [0.15, 0.2) is 48.7 Å². The van der Waals surface area contributed by atoms with Crippen LogP contribution in [0.5, 0.6) is 0 Å². The van der Waals surface area contributed by atoms with Gasteiger partial charge in [-0.3, -0.25) is 10.00 Å². The van der Waals surface area contributed by atoms with Crippen molar-refractivity contribution >= 4 is 16.6 Å². The predicted octanol–water partition coefficient (Wildman–Crippen LogP) is 3.95. The molecule has 3 atom stereocenters. The smallest absolute Gasteiger partial charge is 0.0651 e. The molecule has 1 aromatic heterocycles. The number of likely N-dealkylation sites (tertiary alicyclic amines) is 1. The number of H-pyrrole nitrogens is 1. The van der Waals surface area contributed by atoms with Gasteiger partial charge >= 0.3 is 0 Å². The van der Waals surface area contributed by atoms with Crippen molar-refractivity contribution in [3.8, 4) is 0 Å². The Balaban J connectivity index is 1.24. The summed E-state index contributed by atoms with van der Waals surface area (Å²) in [5, 5.41) is 12.1. The summed E-state index contributed by atoms with van der Waals surface area (Å²) >= 11 is 0. The minimum Gasteiger partial charge on any atom is -0.382 e. The van der Waals surface area contributed by atoms with Crippen LogP contribution in [-0.2, 0) is 6.54 Å². The van der Waals surface area contributed by atoms with Gasteiger partial charge in [-0.05, 0) is 49.4 Å². The highest BCUT2D eigenvalue weighted by Crippen LogP contribution is 2.40. The number of fused-ring (bicyclic) bond motifs is 3. The summed E-state index contributed by atoms with van der Waals surface area (Å²) in [6, 6.07) is 16.8. The molecule has 2 aromatic carbocycles. The first-order chi connectivity index (χ1) is 12.2. The molecule has 1 aliphatic carbocycles. The second kappa shape index (κ2) is 5.88. The zero-order valence-electron chi connectivity index (χ0n) is 14.6. The zero-order valence-corrected chi connectivity index (χ0v) is 14.6. The van der Waals surface area contributed by atoms with Gasteiger partial charge in [-0.2, -0.15) is 5.10 Å². The molecule has 0 spiro atoms. The SMILES string of the molecule is Cc1ccc(CN2CC3CC2CC3Nc2ccc3[nH]ncc3c2)cc1. The highest BCUT2D eigenvalue weighted by atomic mass is 15.2. The molecule has 1 saturated carbocycles. The summed E-state index contributed by atoms with van der Waals surface area (Å²) in [6.07, 6.45) is 4.47. The van der Waals surface area contributed by atoms with Crippen LogP contribution in [0.1, 0.15) is 24.0 Å². The van der Waals surface area contributed by atoms with Gasteiger partial charge in [0.15, 0.2) is 0 Å². The van der Waals surface area contributed by atoms with Crippen LogP contribution in [0, 0.1) is 12.8 Å². The van der Waals surface area contributed by atoms with Crippen LogP contribution in [0.4, 0.5) is 5.69 Å². The molecule has 1 aliphatic heterocycles. The topological polar surface area (TPSA) is 44.0 Å². The van der Waals surface area contributed by atoms with Crippen molar-refractivity contribution in [2.75, 3.05) is 11.9 Å². The molecule has 0 radical (unpaired) electrons. The second-order valence-electron chi connectivity index (χ2n) is 7.72. The average Bonchev–Trinajstić information content (AvgIpc) is 3.32. The highest BCUT2D eigenvalue weighted by molar-refractivity contribution is 5.81. The van der Waals surface area contributed by atoms with Crippen LogP contribution in [-0.4, -0.2) is 33.7 Å². The van der Waals surface area contributed by atoms with Gasteiger partial charge in [-0.25, -0.2) is 0 Å². The molecule has 4 heteroatoms. The molecule has 5 rings (SSSR count). The van der Waals surface area contributed by atoms with Gasteiger partial charge in [0.25, 0.3) is 0 Å². The third-order valence-electron chi connectivity index (χ3n) is 5.95. The van der Waals surface area contributed by atoms with E-state index in [0.29, 0.717) is 6.04 Å². The number of benzene rings is 2. The van der Waals surface area contributed by atoms with E-state index in [-0.39, 0.29) is 0 Å². The normalized spacial score (nSPS) is 25.7. The molecule has 2 bridgehead atoms. The number of anilines is 1. The molecule has 0 amide bonds. The zero-order chi connectivity index (χ0) is 16.8. The van der Waals surface area contributed by atoms with E-state index in [0.717, 1.165) is 24.0 Å². The summed E-state index contributed by atoms with van der Waals surface area (Å²) in [5.74, 6) is 0.760. The average molecular weight is 332 g/mol. The van der Waals surface area contributed by atoms with Crippen LogP contribution in [0.3, 0.4) is 0 Å². The maximum absolute atomic E-state index is 4.11. The van der Waals surface area contributed by atoms with Crippen LogP contribution in [0.25, 0.3) is 10.9 Å². The van der Waals surface area contributed by atoms with E-state index in [2.05, 4.69) is 69.8 Å². The number of rotatable bonds is 4. The third-order valence-corrected chi connectivity index (χ3v) is 5.95. The Morgan fingerprint density at radius 1 is 1.16 bits per heavy atom. The van der Waals surface area contributed by atoms with Crippen molar-refractivity contribution in [1.82, 2.24) is 15.1 Å². The van der Waals surface area contributed by atoms with Crippen LogP contribution < -0.4 is 5.32 Å². The van der Waals surface area contributed by atoms with Gasteiger partial charge in [-0.15, -0.1) is 0 Å². The van der Waals surface area contributed by atoms with Crippen LogP contribution in [0.2, 0.25) is 0 Å². The maximum Gasteiger partial charge on any atom is 0.0651 e. The largest absolute Gasteiger partial charge is 0.382 e. The van der Waals surface area contributed by atoms with E-state index in [9.17, 15) is 0 Å². The Hall–Kier alpha value is -2.33. The lowest BCUT2D eigenvalue weighted by atomic mass is 10.0. The number of piperidine rings is 1. The Kier molecular flexibility index (Phi) is 3.52. The van der Waals surface area contributed by atoms with Crippen molar-refractivity contribution < 1.29 is 0 Å². The summed E-state index contributed by atoms with van der Waals surface area (Å²) in [7, 11) is 0. The van der Waals surface area contributed by atoms with Crippen molar-refractivity contribution in [2.45, 2.75) is 38.4 Å². The van der Waals surface area contributed by atoms with Gasteiger partial charge in [0.2, 0.25) is 0 Å². The molecule has 2 fully saturated rings. The number of hydrogen-bond donors (Lipinski definition) is 2. The van der Waals surface area contributed by atoms with Gasteiger partial charge in [-0.1, -0.05) is 29.8 Å². The number of nitrogens with zero attached hydrogens (tertiary/aromatic N) is 2. The molecule has 2 aliphatic rings. The Bertz CT molecular complexity index is 882. The summed E-state index contributed by atoms with van der Waals surface area (Å²) in [4.78, 5) is 2.67. The van der Waals surface area contributed by atoms with Gasteiger partial charge in [0.1, 0.15) is 0 Å². The lowest BCUT2D eigenvalue weighted by Crippen LogP contribution is -2.40. The molecule has 25 heavy (non-hydrogen) atoms. The summed E-state index contributed by atoms with van der Waals surface area (Å²) in [5.41, 5.74) is 5.10. The Morgan fingerprint density at radius 2 is 2.04 bits per heavy atom. The molecule has 4 nitrogen and oxygen atoms in total. The van der Waals surface area contributed by atoms with Crippen LogP contribution >= 0.6 is 0 Å². The summed E-state index contributed by atoms with van der Waals surface area (Å²) < 4.78 is 0. The molecular formula is C21H24N4. The second-order valence-corrected chi connectivity index (χ2v) is 7.72.